The molecule has 0 spiro atoms. The van der Waals surface area contributed by atoms with Crippen LogP contribution in [0, 0.1) is 0 Å². The molecule has 0 heterocycles. The Morgan fingerprint density at radius 3 is 1.84 bits per heavy atom. The van der Waals surface area contributed by atoms with Crippen LogP contribution in [0.3, 0.4) is 0 Å². The first-order valence-corrected chi connectivity index (χ1v) is 19.2. The van der Waals surface area contributed by atoms with Gasteiger partial charge < -0.3 is 27.2 Å². The van der Waals surface area contributed by atoms with Crippen LogP contribution < -0.4 is 14.2 Å². The van der Waals surface area contributed by atoms with Gasteiger partial charge in [-0.15, -0.1) is 0 Å². The van der Waals surface area contributed by atoms with E-state index in [-0.39, 0.29) is 5.54 Å². The summed E-state index contributed by atoms with van der Waals surface area (Å²) in [5.41, 5.74) is 0.990. The first kappa shape index (κ1) is 28.4. The topological polar surface area (TPSA) is 72.5 Å². The Kier molecular flexibility index (Phi) is 11.2. The molecule has 1 unspecified atom stereocenters. The smallest absolute Gasteiger partial charge is 0.330 e. The van der Waals surface area contributed by atoms with Crippen molar-refractivity contribution >= 4 is 38.0 Å². The van der Waals surface area contributed by atoms with E-state index < -0.39 is 31.9 Å². The third-order valence-electron chi connectivity index (χ3n) is 4.32. The lowest BCUT2D eigenvalue weighted by Crippen LogP contribution is -2.45. The number of carbonyl (C=O) groups excluding carboxylic acids is 1. The molecule has 182 valence electrons. The van der Waals surface area contributed by atoms with Gasteiger partial charge in [-0.05, 0) is 75.0 Å². The van der Waals surface area contributed by atoms with Gasteiger partial charge in [-0.2, -0.15) is 0 Å². The van der Waals surface area contributed by atoms with Gasteiger partial charge in [0.05, 0.1) is 27.9 Å². The molecular formula is C22H40O7Si3. The molecule has 1 aromatic carbocycles. The highest BCUT2D eigenvalue weighted by Crippen LogP contribution is 2.38. The van der Waals surface area contributed by atoms with Crippen molar-refractivity contribution in [2.45, 2.75) is 58.2 Å². The van der Waals surface area contributed by atoms with Crippen molar-refractivity contribution in [2.75, 3.05) is 27.9 Å². The highest BCUT2D eigenvalue weighted by atomic mass is 28.4. The average molecular weight is 501 g/mol. The molecule has 0 saturated heterocycles. The van der Waals surface area contributed by atoms with Gasteiger partial charge in [-0.3, -0.25) is 0 Å². The third kappa shape index (κ3) is 10.3. The maximum atomic E-state index is 12.2. The van der Waals surface area contributed by atoms with Crippen molar-refractivity contribution < 1.29 is 32.0 Å². The molecule has 1 atom stereocenters. The molecule has 0 amide bonds. The van der Waals surface area contributed by atoms with Gasteiger partial charge in [0.1, 0.15) is 0 Å². The van der Waals surface area contributed by atoms with Crippen molar-refractivity contribution in [3.05, 3.63) is 23.8 Å². The second-order valence-corrected chi connectivity index (χ2v) is 21.8. The van der Waals surface area contributed by atoms with Gasteiger partial charge in [0, 0.05) is 6.08 Å². The van der Waals surface area contributed by atoms with Gasteiger partial charge in [-0.25, -0.2) is 4.79 Å². The van der Waals surface area contributed by atoms with Crippen LogP contribution in [0.2, 0.25) is 44.8 Å². The molecule has 0 radical (unpaired) electrons. The third-order valence-corrected chi connectivity index (χ3v) is 13.1. The number of methoxy groups -OCH3 is 3. The lowest BCUT2D eigenvalue weighted by atomic mass is 10.1. The van der Waals surface area contributed by atoms with Crippen molar-refractivity contribution in [3.8, 4) is 17.2 Å². The van der Waals surface area contributed by atoms with E-state index in [2.05, 4.69) is 46.2 Å². The van der Waals surface area contributed by atoms with Crippen LogP contribution in [-0.4, -0.2) is 59.8 Å². The number of hydrogen-bond donors (Lipinski definition) is 0. The van der Waals surface area contributed by atoms with Gasteiger partial charge in [0.15, 0.2) is 28.1 Å². The highest BCUT2D eigenvalue weighted by Gasteiger charge is 2.32. The summed E-state index contributed by atoms with van der Waals surface area (Å²) in [6.45, 7) is 15.6. The number of rotatable bonds is 13. The molecule has 0 N–H and O–H groups in total. The minimum absolute atomic E-state index is 0.250. The summed E-state index contributed by atoms with van der Waals surface area (Å²) in [5.74, 6) is 1.15. The summed E-state index contributed by atoms with van der Waals surface area (Å²) in [5, 5.41) is 0. The minimum atomic E-state index is -1.86. The lowest BCUT2D eigenvalue weighted by molar-refractivity contribution is -0.137. The average Bonchev–Trinajstić information content (AvgIpc) is 2.68. The molecule has 32 heavy (non-hydrogen) atoms. The van der Waals surface area contributed by atoms with E-state index in [0.717, 1.165) is 12.0 Å². The first-order chi connectivity index (χ1) is 14.8. The Balaban J connectivity index is 2.71. The van der Waals surface area contributed by atoms with Gasteiger partial charge in [-0.1, -0.05) is 6.92 Å². The molecule has 0 fully saturated rings. The van der Waals surface area contributed by atoms with E-state index in [0.29, 0.717) is 23.9 Å². The van der Waals surface area contributed by atoms with Crippen LogP contribution >= 0.6 is 0 Å². The predicted molar refractivity (Wildman–Crippen MR) is 136 cm³/mol. The van der Waals surface area contributed by atoms with Gasteiger partial charge in [0.25, 0.3) is 0 Å². The summed E-state index contributed by atoms with van der Waals surface area (Å²) < 4.78 is 34.2. The molecule has 0 aliphatic carbocycles. The monoisotopic (exact) mass is 500 g/mol. The normalized spacial score (nSPS) is 13.3. The van der Waals surface area contributed by atoms with E-state index in [1.807, 2.05) is 0 Å². The molecule has 1 rings (SSSR count). The van der Waals surface area contributed by atoms with Crippen molar-refractivity contribution in [1.82, 2.24) is 0 Å². The van der Waals surface area contributed by atoms with E-state index in [4.69, 9.17) is 27.2 Å². The Morgan fingerprint density at radius 2 is 1.44 bits per heavy atom. The maximum Gasteiger partial charge on any atom is 0.330 e. The summed E-state index contributed by atoms with van der Waals surface area (Å²) in [4.78, 5) is 12.2. The maximum absolute atomic E-state index is 12.2. The highest BCUT2D eigenvalue weighted by molar-refractivity contribution is 6.81. The van der Waals surface area contributed by atoms with Crippen LogP contribution in [0.25, 0.3) is 6.08 Å². The van der Waals surface area contributed by atoms with Crippen LogP contribution in [0.5, 0.6) is 17.2 Å². The van der Waals surface area contributed by atoms with E-state index >= 15 is 0 Å². The molecule has 0 aromatic heterocycles. The molecule has 0 bridgehead atoms. The minimum Gasteiger partial charge on any atom is -0.493 e. The Hall–Kier alpha value is -1.60. The predicted octanol–water partition coefficient (Wildman–Crippen LogP) is 4.97. The number of hydrogen-bond acceptors (Lipinski definition) is 7. The standard InChI is InChI=1S/C22H40O7Si3/c1-17(30(28-31(5,6)7)29-32(8,9)10)13-14-27-21(23)12-11-18-15-19(24-2)22(26-4)20(16-18)25-3/h11-12,15-17,30H,13-14H2,1-10H3. The quantitative estimate of drug-likeness (QED) is 0.215. The van der Waals surface area contributed by atoms with E-state index in [9.17, 15) is 4.79 Å². The molecule has 7 nitrogen and oxygen atoms in total. The van der Waals surface area contributed by atoms with Crippen LogP contribution in [0.1, 0.15) is 18.9 Å². The van der Waals surface area contributed by atoms with Crippen LogP contribution in [0.4, 0.5) is 0 Å². The van der Waals surface area contributed by atoms with Crippen molar-refractivity contribution in [1.29, 1.82) is 0 Å². The van der Waals surface area contributed by atoms with Gasteiger partial charge >= 0.3 is 15.3 Å². The fourth-order valence-electron chi connectivity index (χ4n) is 2.84. The number of benzene rings is 1. The lowest BCUT2D eigenvalue weighted by Gasteiger charge is -2.33. The fourth-order valence-corrected chi connectivity index (χ4v) is 11.3. The number of ether oxygens (including phenoxy) is 4. The summed E-state index contributed by atoms with van der Waals surface area (Å²) in [7, 11) is -0.624. The van der Waals surface area contributed by atoms with E-state index in [1.54, 1.807) is 39.5 Å². The zero-order valence-electron chi connectivity index (χ0n) is 21.2. The van der Waals surface area contributed by atoms with Crippen LogP contribution in [0.15, 0.2) is 18.2 Å². The van der Waals surface area contributed by atoms with Crippen LogP contribution in [-0.2, 0) is 17.8 Å². The van der Waals surface area contributed by atoms with Crippen molar-refractivity contribution in [3.63, 3.8) is 0 Å². The molecule has 0 aliphatic heterocycles. The first-order valence-electron chi connectivity index (χ1n) is 10.8. The second-order valence-electron chi connectivity index (χ2n) is 9.55. The molecule has 0 aliphatic rings. The van der Waals surface area contributed by atoms with Crippen molar-refractivity contribution in [2.24, 2.45) is 0 Å². The fraction of sp³-hybridized carbons (Fsp3) is 0.591. The Labute approximate surface area is 197 Å². The molecule has 10 heteroatoms. The zero-order valence-corrected chi connectivity index (χ0v) is 24.4. The molecular weight excluding hydrogens is 460 g/mol. The molecule has 0 saturated carbocycles. The zero-order chi connectivity index (χ0) is 24.5. The van der Waals surface area contributed by atoms with Gasteiger partial charge in [0.2, 0.25) is 5.75 Å². The largest absolute Gasteiger partial charge is 0.493 e. The number of esters is 1. The summed E-state index contributed by atoms with van der Waals surface area (Å²) >= 11 is 0. The Morgan fingerprint density at radius 1 is 0.938 bits per heavy atom. The Bertz CT molecular complexity index is 729. The summed E-state index contributed by atoms with van der Waals surface area (Å²) in [6, 6.07) is 3.54. The SMILES string of the molecule is COc1cc(C=CC(=O)OCCC(C)[SiH](O[Si](C)(C)C)O[Si](C)(C)C)cc(OC)c1OC. The second kappa shape index (κ2) is 12.6. The number of carbonyl (C=O) groups is 1. The summed E-state index contributed by atoms with van der Waals surface area (Å²) in [6.07, 6.45) is 3.78. The van der Waals surface area contributed by atoms with E-state index in [1.165, 1.54) is 6.08 Å². The molecule has 1 aromatic rings.